The molecule has 0 aliphatic carbocycles. The molecule has 1 heterocycles. The summed E-state index contributed by atoms with van der Waals surface area (Å²) in [4.78, 5) is 0. The monoisotopic (exact) mass is 243 g/mol. The van der Waals surface area contributed by atoms with Gasteiger partial charge in [0.25, 0.3) is 0 Å². The standard InChI is InChI=1S/C6H11N2.Al.3ClH/c1-3-8-5-4-7(2)6-8;;;;/h4-6H,3H2,1-2H3;;3*1H/q+1;+3;;;/p-3. The molecule has 0 unspecified atom stereocenters. The highest BCUT2D eigenvalue weighted by molar-refractivity contribution is 7.54. The van der Waals surface area contributed by atoms with Crippen molar-refractivity contribution < 1.29 is 4.57 Å². The molecule has 0 aromatic carbocycles. The van der Waals surface area contributed by atoms with Crippen LogP contribution < -0.4 is 4.57 Å². The zero-order chi connectivity index (χ0) is 9.56. The molecule has 0 radical (unpaired) electrons. The van der Waals surface area contributed by atoms with Gasteiger partial charge in [-0.05, 0) is 6.92 Å². The second-order valence-corrected chi connectivity index (χ2v) is 8.59. The molecule has 1 aromatic rings. The van der Waals surface area contributed by atoms with E-state index in [0.717, 1.165) is 6.54 Å². The minimum absolute atomic E-state index is 1.06. The first-order chi connectivity index (χ1) is 5.56. The summed E-state index contributed by atoms with van der Waals surface area (Å²) in [7, 11) is 16.9. The number of halogens is 3. The maximum Gasteiger partial charge on any atom is 0.643 e. The van der Waals surface area contributed by atoms with E-state index < -0.39 is 11.4 Å². The van der Waals surface area contributed by atoms with Gasteiger partial charge in [-0.1, -0.05) is 0 Å². The molecule has 0 fully saturated rings. The van der Waals surface area contributed by atoms with Crippen LogP contribution in [0.1, 0.15) is 6.92 Å². The molecule has 0 aliphatic rings. The van der Waals surface area contributed by atoms with Crippen LogP contribution in [0.2, 0.25) is 0 Å². The van der Waals surface area contributed by atoms with E-state index in [0.29, 0.717) is 0 Å². The lowest BCUT2D eigenvalue weighted by Gasteiger charge is -1.81. The smallest absolute Gasteiger partial charge is 0.240 e. The minimum atomic E-state index is -1.72. The van der Waals surface area contributed by atoms with E-state index >= 15 is 0 Å². The number of hydrogen-bond acceptors (Lipinski definition) is 0. The zero-order valence-corrected chi connectivity index (χ0v) is 10.5. The Bertz CT molecular complexity index is 212. The van der Waals surface area contributed by atoms with Gasteiger partial charge in [0.2, 0.25) is 6.33 Å². The Hall–Kier alpha value is 0.612. The molecule has 0 atom stereocenters. The number of rotatable bonds is 1. The summed E-state index contributed by atoms with van der Waals surface area (Å²) < 4.78 is 4.16. The average molecular weight is 245 g/mol. The van der Waals surface area contributed by atoms with Gasteiger partial charge in [0.05, 0.1) is 13.6 Å². The number of imidazole rings is 1. The molecule has 0 bridgehead atoms. The molecular formula is C6H11AlCl3N2+. The molecule has 0 N–H and O–H groups in total. The van der Waals surface area contributed by atoms with Crippen molar-refractivity contribution in [2.75, 3.05) is 0 Å². The molecule has 0 saturated carbocycles. The first-order valence-electron chi connectivity index (χ1n) is 3.49. The van der Waals surface area contributed by atoms with Crippen molar-refractivity contribution in [3.8, 4) is 0 Å². The van der Waals surface area contributed by atoms with Crippen molar-refractivity contribution in [3.05, 3.63) is 18.7 Å². The van der Waals surface area contributed by atoms with Gasteiger partial charge in [0.1, 0.15) is 12.4 Å². The highest BCUT2D eigenvalue weighted by Gasteiger charge is 2.00. The van der Waals surface area contributed by atoms with E-state index in [1.54, 1.807) is 0 Å². The van der Waals surface area contributed by atoms with E-state index in [1.807, 2.05) is 17.8 Å². The molecule has 12 heavy (non-hydrogen) atoms. The fourth-order valence-electron chi connectivity index (χ4n) is 0.689. The van der Waals surface area contributed by atoms with Crippen molar-refractivity contribution in [1.82, 2.24) is 4.57 Å². The fraction of sp³-hybridized carbons (Fsp3) is 0.500. The maximum absolute atomic E-state index is 4.94. The predicted octanol–water partition coefficient (Wildman–Crippen LogP) is 2.02. The third-order valence-electron chi connectivity index (χ3n) is 1.19. The molecule has 1 aromatic heterocycles. The van der Waals surface area contributed by atoms with Gasteiger partial charge in [0.15, 0.2) is 0 Å². The lowest BCUT2D eigenvalue weighted by atomic mass is 10.7. The van der Waals surface area contributed by atoms with Crippen molar-refractivity contribution in [3.63, 3.8) is 0 Å². The van der Waals surface area contributed by atoms with Crippen LogP contribution in [0.5, 0.6) is 0 Å². The number of hydrogen-bond donors (Lipinski definition) is 0. The molecule has 6 heteroatoms. The van der Waals surface area contributed by atoms with E-state index in [-0.39, 0.29) is 0 Å². The van der Waals surface area contributed by atoms with Crippen molar-refractivity contribution in [2.24, 2.45) is 7.05 Å². The van der Waals surface area contributed by atoms with E-state index in [2.05, 4.69) is 24.0 Å². The number of aryl methyl sites for hydroxylation is 2. The Kier molecular flexibility index (Phi) is 7.42. The van der Waals surface area contributed by atoms with Crippen LogP contribution in [0, 0.1) is 0 Å². The lowest BCUT2D eigenvalue weighted by Crippen LogP contribution is -2.28. The third-order valence-corrected chi connectivity index (χ3v) is 1.19. The van der Waals surface area contributed by atoms with Crippen molar-refractivity contribution in [2.45, 2.75) is 13.5 Å². The molecule has 0 amide bonds. The lowest BCUT2D eigenvalue weighted by molar-refractivity contribution is -0.693. The van der Waals surface area contributed by atoms with Gasteiger partial charge in [-0.15, -0.1) is 0 Å². The summed E-state index contributed by atoms with van der Waals surface area (Å²) >= 11 is -1.72. The Morgan fingerprint density at radius 2 is 1.92 bits per heavy atom. The molecule has 68 valence electrons. The summed E-state index contributed by atoms with van der Waals surface area (Å²) in [6.07, 6.45) is 6.14. The number of aromatic nitrogens is 2. The van der Waals surface area contributed by atoms with Gasteiger partial charge in [-0.3, -0.25) is 0 Å². The minimum Gasteiger partial charge on any atom is -0.240 e. The maximum atomic E-state index is 4.94. The Labute approximate surface area is 89.7 Å². The average Bonchev–Trinajstić information content (AvgIpc) is 2.34. The molecule has 0 aliphatic heterocycles. The molecule has 1 rings (SSSR count). The van der Waals surface area contributed by atoms with Crippen LogP contribution >= 0.6 is 30.1 Å². The normalized spacial score (nSPS) is 8.75. The van der Waals surface area contributed by atoms with E-state index in [9.17, 15) is 0 Å². The van der Waals surface area contributed by atoms with Gasteiger partial charge in [-0.25, -0.2) is 39.3 Å². The van der Waals surface area contributed by atoms with Crippen molar-refractivity contribution >= 4 is 41.5 Å². The Morgan fingerprint density at radius 3 is 2.08 bits per heavy atom. The molecular weight excluding hydrogens is 233 g/mol. The predicted molar refractivity (Wildman–Crippen MR) is 54.6 cm³/mol. The quantitative estimate of drug-likeness (QED) is 0.528. The summed E-state index contributed by atoms with van der Waals surface area (Å²) in [5.74, 6) is 0. The first-order valence-corrected chi connectivity index (χ1v) is 8.73. The second-order valence-electron chi connectivity index (χ2n) is 2.16. The highest BCUT2D eigenvalue weighted by atomic mass is 35.8. The van der Waals surface area contributed by atoms with Gasteiger partial charge >= 0.3 is 11.4 Å². The molecule has 0 spiro atoms. The van der Waals surface area contributed by atoms with Gasteiger partial charge < -0.3 is 0 Å². The summed E-state index contributed by atoms with van der Waals surface area (Å²) in [6.45, 7) is 3.18. The van der Waals surface area contributed by atoms with E-state index in [4.69, 9.17) is 30.1 Å². The van der Waals surface area contributed by atoms with Gasteiger partial charge in [-0.2, -0.15) is 0 Å². The number of nitrogens with zero attached hydrogens (tertiary/aromatic N) is 2. The highest BCUT2D eigenvalue weighted by Crippen LogP contribution is 1.97. The summed E-state index contributed by atoms with van der Waals surface area (Å²) in [5.41, 5.74) is 0. The molecule has 0 saturated heterocycles. The Morgan fingerprint density at radius 1 is 1.42 bits per heavy atom. The first kappa shape index (κ1) is 12.6. The zero-order valence-electron chi connectivity index (χ0n) is 7.04. The van der Waals surface area contributed by atoms with E-state index in [1.165, 1.54) is 0 Å². The summed E-state index contributed by atoms with van der Waals surface area (Å²) in [6, 6.07) is 0. The van der Waals surface area contributed by atoms with Crippen molar-refractivity contribution in [1.29, 1.82) is 0 Å². The van der Waals surface area contributed by atoms with Crippen LogP contribution in [0.4, 0.5) is 0 Å². The summed E-state index contributed by atoms with van der Waals surface area (Å²) in [5, 5.41) is 0. The fourth-order valence-corrected chi connectivity index (χ4v) is 0.689. The van der Waals surface area contributed by atoms with Crippen LogP contribution in [0.15, 0.2) is 18.7 Å². The SMILES string of the molecule is CC[n+]1ccn(C)c1.[Cl][Al]([Cl])[Cl]. The van der Waals surface area contributed by atoms with Crippen LogP contribution in [0.3, 0.4) is 0 Å². The van der Waals surface area contributed by atoms with Crippen LogP contribution in [-0.4, -0.2) is 16.0 Å². The Balaban J connectivity index is 0.000000261. The van der Waals surface area contributed by atoms with Gasteiger partial charge in [0, 0.05) is 0 Å². The third kappa shape index (κ3) is 7.27. The van der Waals surface area contributed by atoms with Crippen LogP contribution in [-0.2, 0) is 13.6 Å². The topological polar surface area (TPSA) is 8.81 Å². The van der Waals surface area contributed by atoms with Crippen LogP contribution in [0.25, 0.3) is 0 Å². The largest absolute Gasteiger partial charge is 0.643 e. The second kappa shape index (κ2) is 7.06. The molecule has 2 nitrogen and oxygen atoms in total.